The number of amides is 1. The van der Waals surface area contributed by atoms with Crippen LogP contribution in [-0.4, -0.2) is 27.3 Å². The van der Waals surface area contributed by atoms with Gasteiger partial charge in [-0.15, -0.1) is 0 Å². The number of nitrogens with one attached hydrogen (secondary N) is 1. The maximum Gasteiger partial charge on any atom is 0.270 e. The van der Waals surface area contributed by atoms with E-state index >= 15 is 0 Å². The van der Waals surface area contributed by atoms with Crippen LogP contribution in [0, 0.1) is 6.92 Å². The van der Waals surface area contributed by atoms with Crippen LogP contribution in [0.4, 0.5) is 0 Å². The molecule has 20 heavy (non-hydrogen) atoms. The van der Waals surface area contributed by atoms with Crippen molar-refractivity contribution >= 4 is 12.1 Å². The molecule has 2 aromatic rings. The van der Waals surface area contributed by atoms with Crippen LogP contribution in [0.5, 0.6) is 0 Å². The van der Waals surface area contributed by atoms with E-state index in [1.165, 1.54) is 6.07 Å². The summed E-state index contributed by atoms with van der Waals surface area (Å²) in [4.78, 5) is 20.1. The van der Waals surface area contributed by atoms with Crippen LogP contribution in [0.25, 0.3) is 0 Å². The number of oxime groups is 1. The van der Waals surface area contributed by atoms with Crippen molar-refractivity contribution in [2.45, 2.75) is 13.5 Å². The molecular weight excluding hydrogens is 256 g/mol. The molecule has 1 amide bonds. The fraction of sp³-hybridized carbons (Fsp3) is 0.143. The van der Waals surface area contributed by atoms with Gasteiger partial charge in [0.15, 0.2) is 0 Å². The average Bonchev–Trinajstić information content (AvgIpc) is 2.45. The number of nitrogens with zero attached hydrogens (tertiary/aromatic N) is 3. The van der Waals surface area contributed by atoms with Gasteiger partial charge in [-0.1, -0.05) is 35.5 Å². The minimum absolute atomic E-state index is 0.239. The SMILES string of the molecule is Cc1nc(/C=N\O)cc(C(=O)NCc2ccccc2)n1. The first-order valence-electron chi connectivity index (χ1n) is 6.04. The molecule has 6 heteroatoms. The normalized spacial score (nSPS) is 10.7. The van der Waals surface area contributed by atoms with E-state index in [-0.39, 0.29) is 11.6 Å². The summed E-state index contributed by atoms with van der Waals surface area (Å²) in [5.74, 6) is 0.138. The van der Waals surface area contributed by atoms with Gasteiger partial charge in [0, 0.05) is 6.54 Å². The molecule has 0 fully saturated rings. The van der Waals surface area contributed by atoms with E-state index in [0.717, 1.165) is 11.8 Å². The quantitative estimate of drug-likeness (QED) is 0.501. The lowest BCUT2D eigenvalue weighted by Crippen LogP contribution is -2.24. The number of carbonyl (C=O) groups is 1. The molecule has 0 aliphatic heterocycles. The molecule has 0 bridgehead atoms. The number of hydrogen-bond donors (Lipinski definition) is 2. The van der Waals surface area contributed by atoms with Crippen LogP contribution in [-0.2, 0) is 6.54 Å². The van der Waals surface area contributed by atoms with E-state index in [9.17, 15) is 4.79 Å². The van der Waals surface area contributed by atoms with E-state index in [1.807, 2.05) is 30.3 Å². The topological polar surface area (TPSA) is 87.5 Å². The zero-order valence-electron chi connectivity index (χ0n) is 10.9. The van der Waals surface area contributed by atoms with Crippen molar-refractivity contribution in [3.63, 3.8) is 0 Å². The molecule has 2 N–H and O–H groups in total. The summed E-state index contributed by atoms with van der Waals surface area (Å²) >= 11 is 0. The molecule has 0 saturated carbocycles. The van der Waals surface area contributed by atoms with E-state index in [2.05, 4.69) is 20.4 Å². The fourth-order valence-corrected chi connectivity index (χ4v) is 1.70. The van der Waals surface area contributed by atoms with Crippen molar-refractivity contribution in [1.82, 2.24) is 15.3 Å². The summed E-state index contributed by atoms with van der Waals surface area (Å²) < 4.78 is 0. The minimum Gasteiger partial charge on any atom is -0.411 e. The molecule has 0 atom stereocenters. The third-order valence-corrected chi connectivity index (χ3v) is 2.58. The minimum atomic E-state index is -0.299. The molecule has 102 valence electrons. The van der Waals surface area contributed by atoms with Crippen LogP contribution >= 0.6 is 0 Å². The Morgan fingerprint density at radius 3 is 2.80 bits per heavy atom. The van der Waals surface area contributed by atoms with Crippen molar-refractivity contribution in [2.75, 3.05) is 0 Å². The summed E-state index contributed by atoms with van der Waals surface area (Å²) in [6, 6.07) is 11.1. The van der Waals surface area contributed by atoms with Crippen LogP contribution in [0.3, 0.4) is 0 Å². The second kappa shape index (κ2) is 6.42. The average molecular weight is 270 g/mol. The highest BCUT2D eigenvalue weighted by atomic mass is 16.4. The van der Waals surface area contributed by atoms with Gasteiger partial charge in [0.1, 0.15) is 11.5 Å². The monoisotopic (exact) mass is 270 g/mol. The van der Waals surface area contributed by atoms with Gasteiger partial charge < -0.3 is 10.5 Å². The largest absolute Gasteiger partial charge is 0.411 e. The predicted molar refractivity (Wildman–Crippen MR) is 73.8 cm³/mol. The van der Waals surface area contributed by atoms with Crippen molar-refractivity contribution in [1.29, 1.82) is 0 Å². The lowest BCUT2D eigenvalue weighted by molar-refractivity contribution is 0.0945. The van der Waals surface area contributed by atoms with E-state index in [4.69, 9.17) is 5.21 Å². The first kappa shape index (κ1) is 13.7. The van der Waals surface area contributed by atoms with Crippen LogP contribution in [0.2, 0.25) is 0 Å². The Balaban J connectivity index is 2.09. The molecule has 6 nitrogen and oxygen atoms in total. The summed E-state index contributed by atoms with van der Waals surface area (Å²) in [5, 5.41) is 14.2. The van der Waals surface area contributed by atoms with Gasteiger partial charge >= 0.3 is 0 Å². The molecule has 2 rings (SSSR count). The van der Waals surface area contributed by atoms with Gasteiger partial charge in [0.2, 0.25) is 0 Å². The molecule has 1 aromatic carbocycles. The lowest BCUT2D eigenvalue weighted by atomic mass is 10.2. The standard InChI is InChI=1S/C14H14N4O2/c1-10-17-12(9-16-20)7-13(18-10)14(19)15-8-11-5-3-2-4-6-11/h2-7,9,20H,8H2,1H3,(H,15,19)/b16-9-. The molecule has 0 unspecified atom stereocenters. The van der Waals surface area contributed by atoms with Crippen LogP contribution < -0.4 is 5.32 Å². The maximum atomic E-state index is 12.0. The van der Waals surface area contributed by atoms with Gasteiger partial charge in [0.25, 0.3) is 5.91 Å². The van der Waals surface area contributed by atoms with Crippen LogP contribution in [0.15, 0.2) is 41.6 Å². The molecule has 0 radical (unpaired) electrons. The van der Waals surface area contributed by atoms with Gasteiger partial charge in [-0.25, -0.2) is 9.97 Å². The Morgan fingerprint density at radius 1 is 1.35 bits per heavy atom. The van der Waals surface area contributed by atoms with Crippen molar-refractivity contribution in [3.8, 4) is 0 Å². The molecule has 1 aromatic heterocycles. The Hall–Kier alpha value is -2.76. The van der Waals surface area contributed by atoms with Crippen molar-refractivity contribution in [3.05, 3.63) is 59.2 Å². The number of aryl methyl sites for hydroxylation is 1. The molecule has 0 aliphatic carbocycles. The zero-order valence-corrected chi connectivity index (χ0v) is 10.9. The number of hydrogen-bond acceptors (Lipinski definition) is 5. The fourth-order valence-electron chi connectivity index (χ4n) is 1.70. The number of aromatic nitrogens is 2. The third kappa shape index (κ3) is 3.61. The first-order valence-corrected chi connectivity index (χ1v) is 6.04. The van der Waals surface area contributed by atoms with Gasteiger partial charge in [0.05, 0.1) is 11.9 Å². The summed E-state index contributed by atoms with van der Waals surface area (Å²) in [7, 11) is 0. The molecular formula is C14H14N4O2. The van der Waals surface area contributed by atoms with Gasteiger partial charge in [-0.3, -0.25) is 4.79 Å². The highest BCUT2D eigenvalue weighted by Crippen LogP contribution is 2.02. The summed E-state index contributed by atoms with van der Waals surface area (Å²) in [6.45, 7) is 2.09. The predicted octanol–water partition coefficient (Wildman–Crippen LogP) is 1.52. The number of benzene rings is 1. The Bertz CT molecular complexity index is 626. The highest BCUT2D eigenvalue weighted by Gasteiger charge is 2.09. The molecule has 0 spiro atoms. The Kier molecular flexibility index (Phi) is 4.39. The molecule has 1 heterocycles. The van der Waals surface area contributed by atoms with E-state index in [0.29, 0.717) is 18.1 Å². The Morgan fingerprint density at radius 2 is 2.10 bits per heavy atom. The number of carbonyl (C=O) groups excluding carboxylic acids is 1. The Labute approximate surface area is 116 Å². The second-order valence-corrected chi connectivity index (χ2v) is 4.14. The smallest absolute Gasteiger partial charge is 0.270 e. The third-order valence-electron chi connectivity index (χ3n) is 2.58. The second-order valence-electron chi connectivity index (χ2n) is 4.14. The van der Waals surface area contributed by atoms with Gasteiger partial charge in [-0.2, -0.15) is 0 Å². The van der Waals surface area contributed by atoms with Crippen LogP contribution in [0.1, 0.15) is 27.6 Å². The van der Waals surface area contributed by atoms with Crippen molar-refractivity contribution < 1.29 is 10.0 Å². The molecule has 0 aliphatic rings. The number of rotatable bonds is 4. The molecule has 0 saturated heterocycles. The maximum absolute atomic E-state index is 12.0. The van der Waals surface area contributed by atoms with Crippen molar-refractivity contribution in [2.24, 2.45) is 5.16 Å². The summed E-state index contributed by atoms with van der Waals surface area (Å²) in [6.07, 6.45) is 1.16. The van der Waals surface area contributed by atoms with E-state index in [1.54, 1.807) is 6.92 Å². The van der Waals surface area contributed by atoms with Gasteiger partial charge in [-0.05, 0) is 18.6 Å². The first-order chi connectivity index (χ1) is 9.69. The highest BCUT2D eigenvalue weighted by molar-refractivity contribution is 5.93. The summed E-state index contributed by atoms with van der Waals surface area (Å²) in [5.41, 5.74) is 1.62. The van der Waals surface area contributed by atoms with E-state index < -0.39 is 0 Å². The lowest BCUT2D eigenvalue weighted by Gasteiger charge is -2.06. The zero-order chi connectivity index (χ0) is 14.4.